The predicted octanol–water partition coefficient (Wildman–Crippen LogP) is 2.70. The molecule has 30 heavy (non-hydrogen) atoms. The van der Waals surface area contributed by atoms with Gasteiger partial charge in [0.2, 0.25) is 0 Å². The second-order valence-electron chi connectivity index (χ2n) is 8.25. The summed E-state index contributed by atoms with van der Waals surface area (Å²) < 4.78 is 3.29. The van der Waals surface area contributed by atoms with Crippen LogP contribution in [0.25, 0.3) is 27.7 Å². The van der Waals surface area contributed by atoms with Gasteiger partial charge in [-0.15, -0.1) is 0 Å². The van der Waals surface area contributed by atoms with Crippen molar-refractivity contribution in [2.24, 2.45) is 0 Å². The number of benzene rings is 1. The molecular weight excluding hydrogens is 380 g/mol. The average Bonchev–Trinajstić information content (AvgIpc) is 3.09. The van der Waals surface area contributed by atoms with Crippen molar-refractivity contribution in [1.82, 2.24) is 29.3 Å². The number of phenolic OH excluding ortho intramolecular Hbond substituents is 1. The highest BCUT2D eigenvalue weighted by Crippen LogP contribution is 2.30. The van der Waals surface area contributed by atoms with Crippen LogP contribution in [0.3, 0.4) is 0 Å². The first kappa shape index (κ1) is 18.7. The van der Waals surface area contributed by atoms with Crippen LogP contribution in [0, 0.1) is 13.8 Å². The summed E-state index contributed by atoms with van der Waals surface area (Å²) in [7, 11) is 2.08. The Hall–Kier alpha value is -3.26. The van der Waals surface area contributed by atoms with Crippen LogP contribution in [0.1, 0.15) is 30.1 Å². The lowest BCUT2D eigenvalue weighted by Crippen LogP contribution is -2.36. The second kappa shape index (κ2) is 6.91. The average molecular weight is 404 g/mol. The van der Waals surface area contributed by atoms with Crippen LogP contribution in [0.5, 0.6) is 5.75 Å². The zero-order valence-electron chi connectivity index (χ0n) is 17.3. The van der Waals surface area contributed by atoms with Crippen LogP contribution in [-0.4, -0.2) is 54.5 Å². The van der Waals surface area contributed by atoms with Gasteiger partial charge in [0.15, 0.2) is 5.65 Å². The zero-order valence-corrected chi connectivity index (χ0v) is 17.3. The number of hydrogen-bond donors (Lipinski definition) is 1. The lowest BCUT2D eigenvalue weighted by molar-refractivity contribution is 0.209. The molecule has 1 aliphatic rings. The Morgan fingerprint density at radius 2 is 1.90 bits per heavy atom. The Morgan fingerprint density at radius 3 is 2.67 bits per heavy atom. The number of likely N-dealkylation sites (tertiary alicyclic amines) is 1. The summed E-state index contributed by atoms with van der Waals surface area (Å²) in [4.78, 5) is 19.8. The number of fused-ring (bicyclic) bond motifs is 2. The smallest absolute Gasteiger partial charge is 0.278 e. The van der Waals surface area contributed by atoms with Gasteiger partial charge in [-0.3, -0.25) is 4.79 Å². The van der Waals surface area contributed by atoms with Crippen molar-refractivity contribution in [3.05, 3.63) is 52.2 Å². The molecule has 0 bridgehead atoms. The highest BCUT2D eigenvalue weighted by Gasteiger charge is 2.22. The highest BCUT2D eigenvalue weighted by atomic mass is 16.3. The fourth-order valence-electron chi connectivity index (χ4n) is 4.31. The molecule has 3 aromatic heterocycles. The number of hydrogen-bond acceptors (Lipinski definition) is 6. The SMILES string of the molecule is Cc1cn2nc(-c3cc(O)c4c(=O)n(C5CCN(C)CC5)ncc4c3)cc(C)c2n1. The molecule has 0 spiro atoms. The second-order valence-corrected chi connectivity index (χ2v) is 8.25. The van der Waals surface area contributed by atoms with E-state index < -0.39 is 0 Å². The zero-order chi connectivity index (χ0) is 21.0. The van der Waals surface area contributed by atoms with Crippen LogP contribution in [-0.2, 0) is 0 Å². The molecule has 0 saturated carbocycles. The molecule has 5 rings (SSSR count). The van der Waals surface area contributed by atoms with E-state index in [9.17, 15) is 9.90 Å². The molecule has 4 aromatic rings. The van der Waals surface area contributed by atoms with Crippen molar-refractivity contribution in [1.29, 1.82) is 0 Å². The van der Waals surface area contributed by atoms with Gasteiger partial charge in [-0.1, -0.05) is 0 Å². The Balaban J connectivity index is 1.61. The van der Waals surface area contributed by atoms with Gasteiger partial charge in [-0.2, -0.15) is 10.2 Å². The molecule has 1 N–H and O–H groups in total. The minimum absolute atomic E-state index is 0.0436. The van der Waals surface area contributed by atoms with Crippen LogP contribution in [0.4, 0.5) is 0 Å². The molecule has 4 heterocycles. The van der Waals surface area contributed by atoms with Gasteiger partial charge in [0, 0.05) is 10.9 Å². The quantitative estimate of drug-likeness (QED) is 0.553. The molecule has 0 amide bonds. The summed E-state index contributed by atoms with van der Waals surface area (Å²) in [5.41, 5.74) is 3.88. The summed E-state index contributed by atoms with van der Waals surface area (Å²) in [5, 5.41) is 20.7. The minimum Gasteiger partial charge on any atom is -0.507 e. The predicted molar refractivity (Wildman–Crippen MR) is 115 cm³/mol. The lowest BCUT2D eigenvalue weighted by Gasteiger charge is -2.29. The number of aryl methyl sites for hydroxylation is 2. The molecule has 1 saturated heterocycles. The first-order valence-corrected chi connectivity index (χ1v) is 10.2. The van der Waals surface area contributed by atoms with Crippen molar-refractivity contribution in [3.8, 4) is 17.0 Å². The first-order valence-electron chi connectivity index (χ1n) is 10.2. The summed E-state index contributed by atoms with van der Waals surface area (Å²) >= 11 is 0. The molecule has 0 radical (unpaired) electrons. The number of phenols is 1. The standard InChI is InChI=1S/C22H24N6O2/c1-13-8-18(25-27-12-14(2)24-21(13)27)15-9-16-11-23-28(17-4-6-26(3)7-5-17)22(30)20(16)19(29)10-15/h8-12,17,29H,4-7H2,1-3H3. The number of piperidine rings is 1. The molecule has 0 aliphatic carbocycles. The van der Waals surface area contributed by atoms with Crippen LogP contribution < -0.4 is 5.56 Å². The third kappa shape index (κ3) is 3.04. The van der Waals surface area contributed by atoms with E-state index >= 15 is 0 Å². The Bertz CT molecular complexity index is 1330. The summed E-state index contributed by atoms with van der Waals surface area (Å²) in [5.74, 6) is -0.0436. The molecule has 154 valence electrons. The van der Waals surface area contributed by atoms with Gasteiger partial charge in [-0.25, -0.2) is 14.2 Å². The third-order valence-corrected chi connectivity index (χ3v) is 5.95. The summed E-state index contributed by atoms with van der Waals surface area (Å²) in [6, 6.07) is 5.48. The maximum atomic E-state index is 13.1. The molecule has 0 atom stereocenters. The van der Waals surface area contributed by atoms with E-state index in [0.29, 0.717) is 16.5 Å². The Kier molecular flexibility index (Phi) is 4.32. The van der Waals surface area contributed by atoms with Crippen molar-refractivity contribution in [3.63, 3.8) is 0 Å². The normalized spacial score (nSPS) is 16.0. The van der Waals surface area contributed by atoms with Crippen LogP contribution in [0.2, 0.25) is 0 Å². The van der Waals surface area contributed by atoms with E-state index in [4.69, 9.17) is 0 Å². The monoisotopic (exact) mass is 404 g/mol. The van der Waals surface area contributed by atoms with E-state index in [0.717, 1.165) is 48.4 Å². The molecule has 8 heteroatoms. The maximum absolute atomic E-state index is 13.1. The van der Waals surface area contributed by atoms with E-state index in [-0.39, 0.29) is 17.4 Å². The van der Waals surface area contributed by atoms with Crippen LogP contribution in [0.15, 0.2) is 35.4 Å². The molecule has 0 unspecified atom stereocenters. The van der Waals surface area contributed by atoms with Crippen molar-refractivity contribution < 1.29 is 5.11 Å². The molecular formula is C22H24N6O2. The van der Waals surface area contributed by atoms with Crippen molar-refractivity contribution in [2.75, 3.05) is 20.1 Å². The van der Waals surface area contributed by atoms with E-state index in [2.05, 4.69) is 27.1 Å². The molecule has 8 nitrogen and oxygen atoms in total. The number of rotatable bonds is 2. The molecule has 1 fully saturated rings. The number of aromatic nitrogens is 5. The third-order valence-electron chi connectivity index (χ3n) is 5.95. The van der Waals surface area contributed by atoms with Crippen LogP contribution >= 0.6 is 0 Å². The van der Waals surface area contributed by atoms with E-state index in [1.54, 1.807) is 16.8 Å². The van der Waals surface area contributed by atoms with Gasteiger partial charge in [0.1, 0.15) is 5.75 Å². The molecule has 1 aliphatic heterocycles. The minimum atomic E-state index is -0.240. The van der Waals surface area contributed by atoms with Gasteiger partial charge >= 0.3 is 0 Å². The summed E-state index contributed by atoms with van der Waals surface area (Å²) in [6.07, 6.45) is 5.29. The summed E-state index contributed by atoms with van der Waals surface area (Å²) in [6.45, 7) is 5.78. The highest BCUT2D eigenvalue weighted by molar-refractivity contribution is 5.91. The van der Waals surface area contributed by atoms with Gasteiger partial charge in [0.05, 0.1) is 35.2 Å². The number of nitrogens with zero attached hydrogens (tertiary/aromatic N) is 6. The van der Waals surface area contributed by atoms with E-state index in [1.807, 2.05) is 32.2 Å². The molecule has 1 aromatic carbocycles. The Morgan fingerprint density at radius 1 is 1.13 bits per heavy atom. The maximum Gasteiger partial charge on any atom is 0.278 e. The largest absolute Gasteiger partial charge is 0.507 e. The van der Waals surface area contributed by atoms with Gasteiger partial charge < -0.3 is 10.0 Å². The van der Waals surface area contributed by atoms with Gasteiger partial charge in [0.25, 0.3) is 5.56 Å². The van der Waals surface area contributed by atoms with Crippen molar-refractivity contribution >= 4 is 16.4 Å². The van der Waals surface area contributed by atoms with E-state index in [1.165, 1.54) is 4.68 Å². The topological polar surface area (TPSA) is 88.5 Å². The number of aromatic hydroxyl groups is 1. The first-order chi connectivity index (χ1) is 14.4. The van der Waals surface area contributed by atoms with Gasteiger partial charge in [-0.05, 0) is 70.6 Å². The van der Waals surface area contributed by atoms with Crippen molar-refractivity contribution in [2.45, 2.75) is 32.7 Å². The fraction of sp³-hybridized carbons (Fsp3) is 0.364. The fourth-order valence-corrected chi connectivity index (χ4v) is 4.31. The Labute approximate surface area is 173 Å². The lowest BCUT2D eigenvalue weighted by atomic mass is 10.0. The number of imidazole rings is 1.